The predicted octanol–water partition coefficient (Wildman–Crippen LogP) is 2.40. The van der Waals surface area contributed by atoms with Gasteiger partial charge in [-0.2, -0.15) is 5.10 Å². The minimum Gasteiger partial charge on any atom is -0.327 e. The maximum atomic E-state index is 6.25. The topological polar surface area (TPSA) is 43.8 Å². The van der Waals surface area contributed by atoms with Gasteiger partial charge >= 0.3 is 0 Å². The van der Waals surface area contributed by atoms with Gasteiger partial charge in [0.25, 0.3) is 0 Å². The zero-order valence-electron chi connectivity index (χ0n) is 12.1. The summed E-state index contributed by atoms with van der Waals surface area (Å²) in [6.45, 7) is 4.23. The first-order valence-corrected chi connectivity index (χ1v) is 6.91. The fourth-order valence-electron chi connectivity index (χ4n) is 2.30. The van der Waals surface area contributed by atoms with E-state index in [0.717, 1.165) is 25.0 Å². The number of aromatic nitrogens is 2. The standard InChI is InChI=1S/C16H23N3/c1-4-15-11-16(19(3)18-15)10-14(17)9-13-7-5-12(2)6-8-13/h5-8,11,14H,4,9-10,17H2,1-3H3. The van der Waals surface area contributed by atoms with Crippen LogP contribution in [0.3, 0.4) is 0 Å². The Balaban J connectivity index is 1.98. The number of aryl methyl sites for hydroxylation is 3. The highest BCUT2D eigenvalue weighted by molar-refractivity contribution is 5.22. The van der Waals surface area contributed by atoms with Crippen molar-refractivity contribution in [3.63, 3.8) is 0 Å². The SMILES string of the molecule is CCc1cc(CC(N)Cc2ccc(C)cc2)n(C)n1. The van der Waals surface area contributed by atoms with Crippen molar-refractivity contribution in [2.45, 2.75) is 39.2 Å². The number of benzene rings is 1. The molecule has 1 aromatic carbocycles. The molecule has 0 fully saturated rings. The van der Waals surface area contributed by atoms with Gasteiger partial charge in [-0.05, 0) is 31.4 Å². The molecule has 102 valence electrons. The Morgan fingerprint density at radius 1 is 1.21 bits per heavy atom. The lowest BCUT2D eigenvalue weighted by Crippen LogP contribution is -2.26. The lowest BCUT2D eigenvalue weighted by molar-refractivity contribution is 0.611. The van der Waals surface area contributed by atoms with Crippen molar-refractivity contribution in [1.29, 1.82) is 0 Å². The second-order valence-corrected chi connectivity index (χ2v) is 5.26. The minimum atomic E-state index is 0.141. The Bertz CT molecular complexity index is 525. The lowest BCUT2D eigenvalue weighted by Gasteiger charge is -2.12. The Labute approximate surface area is 115 Å². The summed E-state index contributed by atoms with van der Waals surface area (Å²) < 4.78 is 1.95. The van der Waals surface area contributed by atoms with Crippen LogP contribution in [0, 0.1) is 6.92 Å². The van der Waals surface area contributed by atoms with Crippen molar-refractivity contribution in [2.75, 3.05) is 0 Å². The van der Waals surface area contributed by atoms with Crippen LogP contribution in [0.15, 0.2) is 30.3 Å². The molecule has 0 aliphatic rings. The van der Waals surface area contributed by atoms with Crippen molar-refractivity contribution >= 4 is 0 Å². The Kier molecular flexibility index (Phi) is 4.38. The van der Waals surface area contributed by atoms with Gasteiger partial charge in [0.15, 0.2) is 0 Å². The van der Waals surface area contributed by atoms with E-state index in [1.807, 2.05) is 11.7 Å². The average molecular weight is 257 g/mol. The molecule has 1 atom stereocenters. The maximum Gasteiger partial charge on any atom is 0.0624 e. The van der Waals surface area contributed by atoms with E-state index in [1.54, 1.807) is 0 Å². The highest BCUT2D eigenvalue weighted by atomic mass is 15.3. The van der Waals surface area contributed by atoms with Gasteiger partial charge in [-0.25, -0.2) is 0 Å². The first-order valence-electron chi connectivity index (χ1n) is 6.91. The van der Waals surface area contributed by atoms with E-state index < -0.39 is 0 Å². The van der Waals surface area contributed by atoms with Gasteiger partial charge < -0.3 is 5.73 Å². The van der Waals surface area contributed by atoms with Crippen LogP contribution in [-0.2, 0) is 26.3 Å². The maximum absolute atomic E-state index is 6.25. The van der Waals surface area contributed by atoms with Crippen LogP contribution in [0.5, 0.6) is 0 Å². The minimum absolute atomic E-state index is 0.141. The number of nitrogens with two attached hydrogens (primary N) is 1. The summed E-state index contributed by atoms with van der Waals surface area (Å²) in [4.78, 5) is 0. The van der Waals surface area contributed by atoms with Crippen LogP contribution in [-0.4, -0.2) is 15.8 Å². The van der Waals surface area contributed by atoms with E-state index >= 15 is 0 Å². The second kappa shape index (κ2) is 6.02. The molecule has 0 bridgehead atoms. The van der Waals surface area contributed by atoms with Gasteiger partial charge in [-0.1, -0.05) is 36.8 Å². The van der Waals surface area contributed by atoms with E-state index in [9.17, 15) is 0 Å². The smallest absolute Gasteiger partial charge is 0.0624 e. The van der Waals surface area contributed by atoms with E-state index in [4.69, 9.17) is 5.73 Å². The van der Waals surface area contributed by atoms with Gasteiger partial charge in [0, 0.05) is 25.2 Å². The van der Waals surface area contributed by atoms with Crippen molar-refractivity contribution < 1.29 is 0 Å². The lowest BCUT2D eigenvalue weighted by atomic mass is 10.0. The fourth-order valence-corrected chi connectivity index (χ4v) is 2.30. The molecule has 2 aromatic rings. The van der Waals surface area contributed by atoms with Crippen molar-refractivity contribution in [3.8, 4) is 0 Å². The summed E-state index contributed by atoms with van der Waals surface area (Å²) in [7, 11) is 1.99. The summed E-state index contributed by atoms with van der Waals surface area (Å²) >= 11 is 0. The first-order chi connectivity index (χ1) is 9.08. The normalized spacial score (nSPS) is 12.6. The molecule has 3 heteroatoms. The molecule has 1 unspecified atom stereocenters. The van der Waals surface area contributed by atoms with Gasteiger partial charge in [0.1, 0.15) is 0 Å². The molecular weight excluding hydrogens is 234 g/mol. The molecule has 0 amide bonds. The molecule has 0 aliphatic carbocycles. The van der Waals surface area contributed by atoms with Crippen LogP contribution in [0.1, 0.15) is 29.4 Å². The van der Waals surface area contributed by atoms with Crippen molar-refractivity contribution in [1.82, 2.24) is 9.78 Å². The molecule has 0 spiro atoms. The van der Waals surface area contributed by atoms with Gasteiger partial charge in [-0.3, -0.25) is 4.68 Å². The van der Waals surface area contributed by atoms with E-state index in [2.05, 4.69) is 49.3 Å². The van der Waals surface area contributed by atoms with E-state index in [0.29, 0.717) is 0 Å². The predicted molar refractivity (Wildman–Crippen MR) is 79.1 cm³/mol. The molecule has 0 radical (unpaired) electrons. The molecule has 2 rings (SSSR count). The number of nitrogens with zero attached hydrogens (tertiary/aromatic N) is 2. The Morgan fingerprint density at radius 2 is 1.89 bits per heavy atom. The zero-order valence-corrected chi connectivity index (χ0v) is 12.1. The third-order valence-electron chi connectivity index (χ3n) is 3.48. The molecule has 0 saturated heterocycles. The number of hydrogen-bond donors (Lipinski definition) is 1. The summed E-state index contributed by atoms with van der Waals surface area (Å²) in [5.74, 6) is 0. The van der Waals surface area contributed by atoms with E-state index in [1.165, 1.54) is 16.8 Å². The summed E-state index contributed by atoms with van der Waals surface area (Å²) in [5.41, 5.74) is 11.2. The highest BCUT2D eigenvalue weighted by Crippen LogP contribution is 2.10. The summed E-state index contributed by atoms with van der Waals surface area (Å²) in [6.07, 6.45) is 2.76. The third kappa shape index (κ3) is 3.67. The van der Waals surface area contributed by atoms with Gasteiger partial charge in [0.05, 0.1) is 5.69 Å². The molecule has 0 aliphatic heterocycles. The zero-order chi connectivity index (χ0) is 13.8. The molecule has 3 nitrogen and oxygen atoms in total. The van der Waals surface area contributed by atoms with Crippen LogP contribution in [0.2, 0.25) is 0 Å². The van der Waals surface area contributed by atoms with Gasteiger partial charge in [-0.15, -0.1) is 0 Å². The quantitative estimate of drug-likeness (QED) is 0.894. The molecule has 1 heterocycles. The molecular formula is C16H23N3. The van der Waals surface area contributed by atoms with Crippen LogP contribution >= 0.6 is 0 Å². The molecule has 1 aromatic heterocycles. The van der Waals surface area contributed by atoms with Crippen LogP contribution in [0.4, 0.5) is 0 Å². The first kappa shape index (κ1) is 13.8. The van der Waals surface area contributed by atoms with E-state index in [-0.39, 0.29) is 6.04 Å². The highest BCUT2D eigenvalue weighted by Gasteiger charge is 2.10. The fraction of sp³-hybridized carbons (Fsp3) is 0.438. The largest absolute Gasteiger partial charge is 0.327 e. The Morgan fingerprint density at radius 3 is 2.47 bits per heavy atom. The monoisotopic (exact) mass is 257 g/mol. The van der Waals surface area contributed by atoms with Gasteiger partial charge in [0.2, 0.25) is 0 Å². The summed E-state index contributed by atoms with van der Waals surface area (Å²) in [6, 6.07) is 10.9. The van der Waals surface area contributed by atoms with Crippen LogP contribution < -0.4 is 5.73 Å². The summed E-state index contributed by atoms with van der Waals surface area (Å²) in [5, 5.41) is 4.46. The van der Waals surface area contributed by atoms with Crippen molar-refractivity contribution in [2.24, 2.45) is 12.8 Å². The third-order valence-corrected chi connectivity index (χ3v) is 3.48. The molecule has 19 heavy (non-hydrogen) atoms. The van der Waals surface area contributed by atoms with Crippen LogP contribution in [0.25, 0.3) is 0 Å². The number of rotatable bonds is 5. The number of hydrogen-bond acceptors (Lipinski definition) is 2. The second-order valence-electron chi connectivity index (χ2n) is 5.26. The Hall–Kier alpha value is -1.61. The van der Waals surface area contributed by atoms with Crippen molar-refractivity contribution in [3.05, 3.63) is 52.8 Å². The molecule has 2 N–H and O–H groups in total. The molecule has 0 saturated carbocycles. The average Bonchev–Trinajstić information content (AvgIpc) is 2.73.